The van der Waals surface area contributed by atoms with Gasteiger partial charge in [-0.3, -0.25) is 4.90 Å². The van der Waals surface area contributed by atoms with Gasteiger partial charge in [-0.2, -0.15) is 0 Å². The summed E-state index contributed by atoms with van der Waals surface area (Å²) in [5.41, 5.74) is 1.28. The number of aromatic nitrogens is 2. The van der Waals surface area contributed by atoms with E-state index in [0.29, 0.717) is 6.04 Å². The maximum Gasteiger partial charge on any atom is 0.132 e. The van der Waals surface area contributed by atoms with Crippen LogP contribution in [-0.4, -0.2) is 47.5 Å². The number of thioether (sulfide) groups is 1. The summed E-state index contributed by atoms with van der Waals surface area (Å²) in [6, 6.07) is 6.81. The summed E-state index contributed by atoms with van der Waals surface area (Å²) in [7, 11) is 3.80. The highest BCUT2D eigenvalue weighted by molar-refractivity contribution is 7.98. The number of benzene rings is 1. The molecule has 132 valence electrons. The van der Waals surface area contributed by atoms with Gasteiger partial charge in [0.1, 0.15) is 11.6 Å². The van der Waals surface area contributed by atoms with E-state index in [-0.39, 0.29) is 12.4 Å². The summed E-state index contributed by atoms with van der Waals surface area (Å²) in [4.78, 5) is 8.22. The van der Waals surface area contributed by atoms with Crippen LogP contribution in [0.5, 0.6) is 5.75 Å². The van der Waals surface area contributed by atoms with Gasteiger partial charge in [0.15, 0.2) is 0 Å². The Morgan fingerprint density at radius 3 is 2.92 bits per heavy atom. The second-order valence-electron chi connectivity index (χ2n) is 5.78. The standard InChI is InChI=1S/C17H24N4OS.ClH/c1-20-8-7-19-17(20)14-11-18-6-9-21(14)12-13-4-5-16(23-3)15(10-13)22-2;/h4-5,7-8,10,14,18H,6,9,11-12H2,1-3H3;1H. The Morgan fingerprint density at radius 2 is 2.25 bits per heavy atom. The van der Waals surface area contributed by atoms with Crippen LogP contribution in [-0.2, 0) is 13.6 Å². The molecule has 1 aliphatic heterocycles. The number of aryl methyl sites for hydroxylation is 1. The Hall–Kier alpha value is -1.21. The molecule has 1 fully saturated rings. The van der Waals surface area contributed by atoms with Gasteiger partial charge < -0.3 is 14.6 Å². The first-order chi connectivity index (χ1) is 11.2. The predicted molar refractivity (Wildman–Crippen MR) is 101 cm³/mol. The van der Waals surface area contributed by atoms with Crippen molar-refractivity contribution >= 4 is 24.2 Å². The fraction of sp³-hybridized carbons (Fsp3) is 0.471. The molecule has 7 heteroatoms. The molecule has 1 aromatic carbocycles. The normalized spacial score (nSPS) is 18.2. The third kappa shape index (κ3) is 4.06. The number of methoxy groups -OCH3 is 1. The van der Waals surface area contributed by atoms with Gasteiger partial charge in [0.25, 0.3) is 0 Å². The van der Waals surface area contributed by atoms with E-state index in [4.69, 9.17) is 4.74 Å². The largest absolute Gasteiger partial charge is 0.496 e. The van der Waals surface area contributed by atoms with Gasteiger partial charge in [-0.25, -0.2) is 4.98 Å². The van der Waals surface area contributed by atoms with Crippen LogP contribution in [0.3, 0.4) is 0 Å². The van der Waals surface area contributed by atoms with Crippen molar-refractivity contribution in [3.8, 4) is 5.75 Å². The first-order valence-electron chi connectivity index (χ1n) is 7.86. The molecular weight excluding hydrogens is 344 g/mol. The number of imidazole rings is 1. The third-order valence-electron chi connectivity index (χ3n) is 4.34. The van der Waals surface area contributed by atoms with Crippen LogP contribution in [0, 0.1) is 0 Å². The van der Waals surface area contributed by atoms with Crippen LogP contribution in [0.15, 0.2) is 35.5 Å². The fourth-order valence-corrected chi connectivity index (χ4v) is 3.65. The molecule has 24 heavy (non-hydrogen) atoms. The SMILES string of the molecule is COc1cc(CN2CCNCC2c2nccn2C)ccc1SC.Cl. The van der Waals surface area contributed by atoms with Crippen LogP contribution in [0.2, 0.25) is 0 Å². The summed E-state index contributed by atoms with van der Waals surface area (Å²) in [5.74, 6) is 2.07. The molecule has 0 radical (unpaired) electrons. The topological polar surface area (TPSA) is 42.3 Å². The van der Waals surface area contributed by atoms with Crippen molar-refractivity contribution in [3.05, 3.63) is 42.0 Å². The molecule has 0 aliphatic carbocycles. The molecule has 5 nitrogen and oxygen atoms in total. The highest BCUT2D eigenvalue weighted by Crippen LogP contribution is 2.30. The van der Waals surface area contributed by atoms with Gasteiger partial charge in [0.2, 0.25) is 0 Å². The molecule has 2 heterocycles. The molecule has 1 aliphatic rings. The molecule has 3 rings (SSSR count). The Kier molecular flexibility index (Phi) is 6.98. The van der Waals surface area contributed by atoms with E-state index in [0.717, 1.165) is 37.8 Å². The molecule has 1 saturated heterocycles. The highest BCUT2D eigenvalue weighted by Gasteiger charge is 2.26. The Balaban J connectivity index is 0.00000208. The van der Waals surface area contributed by atoms with Gasteiger partial charge in [-0.1, -0.05) is 6.07 Å². The van der Waals surface area contributed by atoms with Crippen molar-refractivity contribution in [2.24, 2.45) is 7.05 Å². The average molecular weight is 369 g/mol. The second-order valence-corrected chi connectivity index (χ2v) is 6.62. The molecule has 2 aromatic rings. The van der Waals surface area contributed by atoms with Gasteiger partial charge in [-0.15, -0.1) is 24.2 Å². The number of nitrogens with zero attached hydrogens (tertiary/aromatic N) is 3. The fourth-order valence-electron chi connectivity index (χ4n) is 3.10. The Bertz CT molecular complexity index is 664. The van der Waals surface area contributed by atoms with Crippen molar-refractivity contribution in [2.75, 3.05) is 33.0 Å². The summed E-state index contributed by atoms with van der Waals surface area (Å²) in [6.45, 7) is 3.88. The minimum absolute atomic E-state index is 0. The first-order valence-corrected chi connectivity index (χ1v) is 9.08. The molecule has 0 bridgehead atoms. The van der Waals surface area contributed by atoms with Crippen LogP contribution < -0.4 is 10.1 Å². The van der Waals surface area contributed by atoms with Gasteiger partial charge in [-0.05, 0) is 24.0 Å². The van der Waals surface area contributed by atoms with E-state index in [1.54, 1.807) is 18.9 Å². The number of ether oxygens (including phenoxy) is 1. The summed E-state index contributed by atoms with van der Waals surface area (Å²) in [5, 5.41) is 3.48. The number of piperazine rings is 1. The maximum atomic E-state index is 5.52. The number of hydrogen-bond acceptors (Lipinski definition) is 5. The molecule has 0 saturated carbocycles. The zero-order valence-electron chi connectivity index (χ0n) is 14.4. The number of hydrogen-bond donors (Lipinski definition) is 1. The van der Waals surface area contributed by atoms with Crippen LogP contribution in [0.4, 0.5) is 0 Å². The summed E-state index contributed by atoms with van der Waals surface area (Å²) < 4.78 is 7.63. The second kappa shape index (κ2) is 8.76. The van der Waals surface area contributed by atoms with E-state index in [9.17, 15) is 0 Å². The quantitative estimate of drug-likeness (QED) is 0.822. The van der Waals surface area contributed by atoms with E-state index in [1.165, 1.54) is 10.5 Å². The van der Waals surface area contributed by atoms with Crippen molar-refractivity contribution < 1.29 is 4.74 Å². The van der Waals surface area contributed by atoms with Gasteiger partial charge >= 0.3 is 0 Å². The van der Waals surface area contributed by atoms with E-state index in [1.807, 2.05) is 12.4 Å². The summed E-state index contributed by atoms with van der Waals surface area (Å²) in [6.07, 6.45) is 5.96. The Morgan fingerprint density at radius 1 is 1.42 bits per heavy atom. The Labute approximate surface area is 154 Å². The highest BCUT2D eigenvalue weighted by atomic mass is 35.5. The molecule has 1 N–H and O–H groups in total. The number of nitrogens with one attached hydrogen (secondary N) is 1. The molecule has 1 atom stereocenters. The van der Waals surface area contributed by atoms with Crippen LogP contribution in [0.25, 0.3) is 0 Å². The zero-order valence-corrected chi connectivity index (χ0v) is 16.0. The maximum absolute atomic E-state index is 5.52. The third-order valence-corrected chi connectivity index (χ3v) is 5.12. The molecule has 1 aromatic heterocycles. The lowest BCUT2D eigenvalue weighted by atomic mass is 10.1. The summed E-state index contributed by atoms with van der Waals surface area (Å²) >= 11 is 1.71. The van der Waals surface area contributed by atoms with Crippen molar-refractivity contribution in [2.45, 2.75) is 17.5 Å². The molecule has 1 unspecified atom stereocenters. The molecule has 0 amide bonds. The van der Waals surface area contributed by atoms with Crippen molar-refractivity contribution in [3.63, 3.8) is 0 Å². The lowest BCUT2D eigenvalue weighted by Gasteiger charge is -2.35. The van der Waals surface area contributed by atoms with Gasteiger partial charge in [0.05, 0.1) is 13.2 Å². The number of rotatable bonds is 5. The lowest BCUT2D eigenvalue weighted by Crippen LogP contribution is -2.46. The monoisotopic (exact) mass is 368 g/mol. The smallest absolute Gasteiger partial charge is 0.132 e. The van der Waals surface area contributed by atoms with Gasteiger partial charge in [0, 0.05) is 50.5 Å². The van der Waals surface area contributed by atoms with E-state index < -0.39 is 0 Å². The van der Waals surface area contributed by atoms with Crippen LogP contribution in [0.1, 0.15) is 17.4 Å². The van der Waals surface area contributed by atoms with Crippen LogP contribution >= 0.6 is 24.2 Å². The molecule has 0 spiro atoms. The average Bonchev–Trinajstić information content (AvgIpc) is 3.01. The minimum atomic E-state index is 0. The van der Waals surface area contributed by atoms with Crippen molar-refractivity contribution in [1.29, 1.82) is 0 Å². The predicted octanol–water partition coefficient (Wildman–Crippen LogP) is 2.72. The number of halogens is 1. The van der Waals surface area contributed by atoms with Crippen molar-refractivity contribution in [1.82, 2.24) is 19.8 Å². The van der Waals surface area contributed by atoms with E-state index >= 15 is 0 Å². The minimum Gasteiger partial charge on any atom is -0.496 e. The molecular formula is C17H25ClN4OS. The van der Waals surface area contributed by atoms with E-state index in [2.05, 4.69) is 51.3 Å². The lowest BCUT2D eigenvalue weighted by molar-refractivity contribution is 0.144. The first kappa shape index (κ1) is 19.1. The zero-order chi connectivity index (χ0) is 16.2.